The van der Waals surface area contributed by atoms with Crippen molar-refractivity contribution in [1.82, 2.24) is 4.90 Å². The maximum absolute atomic E-state index is 13.0. The quantitative estimate of drug-likeness (QED) is 0.838. The van der Waals surface area contributed by atoms with Crippen LogP contribution < -0.4 is 0 Å². The van der Waals surface area contributed by atoms with E-state index in [1.165, 1.54) is 0 Å². The lowest BCUT2D eigenvalue weighted by molar-refractivity contribution is -0.133. The maximum atomic E-state index is 13.0. The largest absolute Gasteiger partial charge is 0.508 e. The Bertz CT molecular complexity index is 741. The molecule has 3 nitrogen and oxygen atoms in total. The van der Waals surface area contributed by atoms with Crippen molar-refractivity contribution in [2.24, 2.45) is 0 Å². The molecule has 1 saturated heterocycles. The number of halogens is 1. The molecule has 1 N–H and O–H groups in total. The van der Waals surface area contributed by atoms with Gasteiger partial charge in [-0.15, -0.1) is 0 Å². The molecule has 0 saturated carbocycles. The number of amides is 1. The molecule has 2 atom stereocenters. The number of carbonyl (C=O) groups is 1. The molecule has 0 radical (unpaired) electrons. The van der Waals surface area contributed by atoms with Crippen molar-refractivity contribution in [2.75, 3.05) is 6.54 Å². The predicted molar refractivity (Wildman–Crippen MR) is 87.8 cm³/mol. The molecule has 2 aromatic carbocycles. The fraction of sp³-hybridized carbons (Fsp3) is 0.278. The topological polar surface area (TPSA) is 40.5 Å². The van der Waals surface area contributed by atoms with Gasteiger partial charge in [0.1, 0.15) is 5.75 Å². The Hall–Kier alpha value is -1.81. The first-order valence-corrected chi connectivity index (χ1v) is 8.33. The van der Waals surface area contributed by atoms with E-state index in [1.54, 1.807) is 6.07 Å². The van der Waals surface area contributed by atoms with Crippen LogP contribution in [0.5, 0.6) is 5.75 Å². The number of aromatic hydroxyl groups is 1. The number of hydrogen-bond donors (Lipinski definition) is 1. The highest BCUT2D eigenvalue weighted by Gasteiger charge is 2.42. The summed E-state index contributed by atoms with van der Waals surface area (Å²) in [5, 5.41) is 9.86. The van der Waals surface area contributed by atoms with Gasteiger partial charge in [-0.1, -0.05) is 34.1 Å². The van der Waals surface area contributed by atoms with Crippen LogP contribution in [0.4, 0.5) is 0 Å². The average Bonchev–Trinajstić information content (AvgIpc) is 3.00. The number of phenolic OH excluding ortho intramolecular Hbond substituents is 1. The maximum Gasteiger partial charge on any atom is 0.235 e. The molecule has 2 heterocycles. The predicted octanol–water partition coefficient (Wildman–Crippen LogP) is 3.96. The van der Waals surface area contributed by atoms with E-state index in [-0.39, 0.29) is 23.6 Å². The molecule has 0 spiro atoms. The molecule has 1 fully saturated rings. The van der Waals surface area contributed by atoms with Crippen molar-refractivity contribution in [2.45, 2.75) is 24.8 Å². The number of phenols is 1. The molecule has 4 rings (SSSR count). The van der Waals surface area contributed by atoms with E-state index in [0.717, 1.165) is 40.5 Å². The van der Waals surface area contributed by atoms with Gasteiger partial charge in [0.2, 0.25) is 5.91 Å². The van der Waals surface area contributed by atoms with E-state index in [0.29, 0.717) is 0 Å². The Kier molecular flexibility index (Phi) is 3.22. The molecule has 2 aliphatic heterocycles. The molecule has 22 heavy (non-hydrogen) atoms. The van der Waals surface area contributed by atoms with E-state index >= 15 is 0 Å². The molecule has 2 aromatic rings. The van der Waals surface area contributed by atoms with Crippen LogP contribution in [-0.2, 0) is 4.79 Å². The molecular weight excluding hydrogens is 342 g/mol. The van der Waals surface area contributed by atoms with Crippen LogP contribution >= 0.6 is 15.9 Å². The van der Waals surface area contributed by atoms with Gasteiger partial charge in [-0.2, -0.15) is 0 Å². The third-order valence-corrected chi connectivity index (χ3v) is 5.26. The molecular formula is C18H16BrNO2. The highest BCUT2D eigenvalue weighted by molar-refractivity contribution is 9.10. The Morgan fingerprint density at radius 1 is 1.09 bits per heavy atom. The van der Waals surface area contributed by atoms with Crippen LogP contribution in [0.15, 0.2) is 46.9 Å². The van der Waals surface area contributed by atoms with E-state index in [2.05, 4.69) is 15.9 Å². The fourth-order valence-corrected chi connectivity index (χ4v) is 4.01. The van der Waals surface area contributed by atoms with Gasteiger partial charge < -0.3 is 10.0 Å². The van der Waals surface area contributed by atoms with Gasteiger partial charge >= 0.3 is 0 Å². The zero-order chi connectivity index (χ0) is 15.3. The van der Waals surface area contributed by atoms with Gasteiger partial charge in [0, 0.05) is 11.0 Å². The first kappa shape index (κ1) is 13.8. The van der Waals surface area contributed by atoms with Crippen molar-refractivity contribution < 1.29 is 9.90 Å². The van der Waals surface area contributed by atoms with Gasteiger partial charge in [0.25, 0.3) is 0 Å². The van der Waals surface area contributed by atoms with Gasteiger partial charge in [-0.05, 0) is 53.8 Å². The highest BCUT2D eigenvalue weighted by atomic mass is 79.9. The van der Waals surface area contributed by atoms with Crippen LogP contribution in [0.2, 0.25) is 0 Å². The second kappa shape index (κ2) is 5.13. The first-order chi connectivity index (χ1) is 10.6. The minimum absolute atomic E-state index is 0.126. The van der Waals surface area contributed by atoms with E-state index in [1.807, 2.05) is 41.3 Å². The summed E-state index contributed by atoms with van der Waals surface area (Å²) in [6.07, 6.45) is 2.01. The summed E-state index contributed by atoms with van der Waals surface area (Å²) in [5.41, 5.74) is 3.14. The standard InChI is InChI=1S/C18H16BrNO2/c19-12-5-3-11(4-6-12)17-14-8-7-13(21)10-15(14)16-2-1-9-20(16)18(17)22/h3-8,10,16-17,21H,1-2,9H2/t16-,17+/m1/s1. The summed E-state index contributed by atoms with van der Waals surface area (Å²) in [6.45, 7) is 0.811. The molecule has 0 unspecified atom stereocenters. The van der Waals surface area contributed by atoms with Crippen molar-refractivity contribution >= 4 is 21.8 Å². The molecule has 0 aliphatic carbocycles. The Morgan fingerprint density at radius 3 is 2.64 bits per heavy atom. The second-order valence-corrected chi connectivity index (χ2v) is 6.90. The zero-order valence-corrected chi connectivity index (χ0v) is 13.6. The van der Waals surface area contributed by atoms with Gasteiger partial charge in [-0.25, -0.2) is 0 Å². The van der Waals surface area contributed by atoms with Crippen LogP contribution in [0.1, 0.15) is 41.5 Å². The third kappa shape index (κ3) is 2.05. The Labute approximate surface area is 137 Å². The average molecular weight is 358 g/mol. The van der Waals surface area contributed by atoms with Crippen LogP contribution in [0, 0.1) is 0 Å². The molecule has 0 aromatic heterocycles. The fourth-order valence-electron chi connectivity index (χ4n) is 3.74. The number of hydrogen-bond acceptors (Lipinski definition) is 2. The van der Waals surface area contributed by atoms with E-state index < -0.39 is 0 Å². The number of nitrogens with zero attached hydrogens (tertiary/aromatic N) is 1. The molecule has 4 heteroatoms. The normalized spacial score (nSPS) is 23.3. The van der Waals surface area contributed by atoms with Crippen molar-refractivity contribution in [3.05, 3.63) is 63.6 Å². The number of benzene rings is 2. The van der Waals surface area contributed by atoms with Crippen LogP contribution in [-0.4, -0.2) is 22.5 Å². The highest BCUT2D eigenvalue weighted by Crippen LogP contribution is 2.45. The minimum atomic E-state index is -0.266. The van der Waals surface area contributed by atoms with Crippen LogP contribution in [0.25, 0.3) is 0 Å². The number of fused-ring (bicyclic) bond motifs is 3. The summed E-state index contributed by atoms with van der Waals surface area (Å²) in [6, 6.07) is 13.5. The molecule has 112 valence electrons. The summed E-state index contributed by atoms with van der Waals surface area (Å²) < 4.78 is 1.00. The van der Waals surface area contributed by atoms with E-state index in [4.69, 9.17) is 0 Å². The van der Waals surface area contributed by atoms with E-state index in [9.17, 15) is 9.90 Å². The lowest BCUT2D eigenvalue weighted by Crippen LogP contribution is -2.40. The Morgan fingerprint density at radius 2 is 1.86 bits per heavy atom. The van der Waals surface area contributed by atoms with Crippen molar-refractivity contribution in [1.29, 1.82) is 0 Å². The number of rotatable bonds is 1. The summed E-state index contributed by atoms with van der Waals surface area (Å²) in [5.74, 6) is 0.190. The summed E-state index contributed by atoms with van der Waals surface area (Å²) >= 11 is 3.44. The third-order valence-electron chi connectivity index (χ3n) is 4.73. The van der Waals surface area contributed by atoms with Gasteiger partial charge in [0.15, 0.2) is 0 Å². The molecule has 2 aliphatic rings. The molecule has 1 amide bonds. The Balaban J connectivity index is 1.89. The van der Waals surface area contributed by atoms with Crippen LogP contribution in [0.3, 0.4) is 0 Å². The van der Waals surface area contributed by atoms with Crippen molar-refractivity contribution in [3.63, 3.8) is 0 Å². The number of carbonyl (C=O) groups excluding carboxylic acids is 1. The minimum Gasteiger partial charge on any atom is -0.508 e. The smallest absolute Gasteiger partial charge is 0.235 e. The molecule has 0 bridgehead atoms. The summed E-state index contributed by atoms with van der Waals surface area (Å²) in [7, 11) is 0. The lowest BCUT2D eigenvalue weighted by Gasteiger charge is -2.37. The zero-order valence-electron chi connectivity index (χ0n) is 12.0. The second-order valence-electron chi connectivity index (χ2n) is 5.99. The summed E-state index contributed by atoms with van der Waals surface area (Å²) in [4.78, 5) is 15.0. The SMILES string of the molecule is O=C1[C@@H](c2ccc(Br)cc2)c2ccc(O)cc2[C@H]2CCCN12. The lowest BCUT2D eigenvalue weighted by atomic mass is 9.81. The monoisotopic (exact) mass is 357 g/mol. The van der Waals surface area contributed by atoms with Crippen molar-refractivity contribution in [3.8, 4) is 5.75 Å². The van der Waals surface area contributed by atoms with Gasteiger partial charge in [-0.3, -0.25) is 4.79 Å². The first-order valence-electron chi connectivity index (χ1n) is 7.54. The van der Waals surface area contributed by atoms with Gasteiger partial charge in [0.05, 0.1) is 12.0 Å².